The summed E-state index contributed by atoms with van der Waals surface area (Å²) in [4.78, 5) is 16.1. The summed E-state index contributed by atoms with van der Waals surface area (Å²) in [6.07, 6.45) is 5.41. The Labute approximate surface area is 125 Å². The third kappa shape index (κ3) is 7.20. The molecule has 0 aliphatic carbocycles. The number of guanidine groups is 1. The van der Waals surface area contributed by atoms with Gasteiger partial charge in [-0.2, -0.15) is 0 Å². The average molecular weight is 292 g/mol. The molecule has 0 radical (unpaired) electrons. The predicted octanol–water partition coefficient (Wildman–Crippen LogP) is 1.53. The van der Waals surface area contributed by atoms with Gasteiger partial charge in [-0.1, -0.05) is 19.4 Å². The smallest absolute Gasteiger partial charge is 0.287 e. The van der Waals surface area contributed by atoms with Crippen molar-refractivity contribution in [3.8, 4) is 0 Å². The highest BCUT2D eigenvalue weighted by atomic mass is 16.3. The van der Waals surface area contributed by atoms with Crippen molar-refractivity contribution in [1.29, 1.82) is 0 Å². The number of amides is 1. The zero-order valence-corrected chi connectivity index (χ0v) is 12.5. The number of unbranched alkanes of at least 4 members (excludes halogenated alkanes) is 1. The second-order valence-electron chi connectivity index (χ2n) is 4.41. The molecule has 0 bridgehead atoms. The molecule has 1 heterocycles. The Morgan fingerprint density at radius 2 is 2.19 bits per heavy atom. The summed E-state index contributed by atoms with van der Waals surface area (Å²) in [5, 5.41) is 9.06. The Bertz CT molecular complexity index is 441. The van der Waals surface area contributed by atoms with Crippen molar-refractivity contribution in [2.75, 3.05) is 26.2 Å². The van der Waals surface area contributed by atoms with E-state index in [1.165, 1.54) is 6.26 Å². The highest BCUT2D eigenvalue weighted by Gasteiger charge is 2.06. The normalized spacial score (nSPS) is 11.0. The first-order valence-electron chi connectivity index (χ1n) is 7.22. The molecule has 0 aromatic carbocycles. The predicted molar refractivity (Wildman–Crippen MR) is 84.5 cm³/mol. The molecule has 0 spiro atoms. The van der Waals surface area contributed by atoms with Gasteiger partial charge in [0.05, 0.1) is 6.26 Å². The van der Waals surface area contributed by atoms with E-state index in [-0.39, 0.29) is 5.91 Å². The van der Waals surface area contributed by atoms with Crippen LogP contribution in [0.3, 0.4) is 0 Å². The van der Waals surface area contributed by atoms with Gasteiger partial charge in [-0.05, 0) is 18.6 Å². The van der Waals surface area contributed by atoms with E-state index in [0.717, 1.165) is 25.3 Å². The lowest BCUT2D eigenvalue weighted by Crippen LogP contribution is -2.41. The first kappa shape index (κ1) is 16.8. The largest absolute Gasteiger partial charge is 0.459 e. The molecular weight excluding hydrogens is 268 g/mol. The van der Waals surface area contributed by atoms with E-state index in [1.54, 1.807) is 18.2 Å². The van der Waals surface area contributed by atoms with Crippen molar-refractivity contribution in [2.45, 2.75) is 19.8 Å². The van der Waals surface area contributed by atoms with Gasteiger partial charge in [0.1, 0.15) is 0 Å². The van der Waals surface area contributed by atoms with E-state index < -0.39 is 0 Å². The minimum Gasteiger partial charge on any atom is -0.459 e. The SMILES string of the molecule is C=CCNC(=NCCCC)NCCNC(=O)c1ccco1. The fourth-order valence-electron chi connectivity index (χ4n) is 1.54. The number of hydrogen-bond donors (Lipinski definition) is 3. The van der Waals surface area contributed by atoms with Crippen molar-refractivity contribution in [1.82, 2.24) is 16.0 Å². The zero-order valence-electron chi connectivity index (χ0n) is 12.5. The number of hydrogen-bond acceptors (Lipinski definition) is 3. The lowest BCUT2D eigenvalue weighted by molar-refractivity contribution is 0.0926. The van der Waals surface area contributed by atoms with Crippen LogP contribution in [0.25, 0.3) is 0 Å². The number of furan rings is 1. The average Bonchev–Trinajstić information content (AvgIpc) is 3.02. The van der Waals surface area contributed by atoms with Crippen LogP contribution in [0.2, 0.25) is 0 Å². The standard InChI is InChI=1S/C15H24N4O2/c1-3-5-9-18-15(17-8-4-2)19-11-10-16-14(20)13-7-6-12-21-13/h4,6-7,12H,2-3,5,8-11H2,1H3,(H,16,20)(H2,17,18,19). The molecule has 0 aliphatic rings. The lowest BCUT2D eigenvalue weighted by Gasteiger charge is -2.11. The summed E-state index contributed by atoms with van der Waals surface area (Å²) in [6, 6.07) is 3.32. The number of nitrogens with one attached hydrogen (secondary N) is 3. The molecule has 3 N–H and O–H groups in total. The molecule has 0 unspecified atom stereocenters. The molecule has 0 fully saturated rings. The summed E-state index contributed by atoms with van der Waals surface area (Å²) < 4.78 is 5.01. The summed E-state index contributed by atoms with van der Waals surface area (Å²) in [6.45, 7) is 8.30. The molecule has 0 aliphatic heterocycles. The number of carbonyl (C=O) groups is 1. The summed E-state index contributed by atoms with van der Waals surface area (Å²) in [5.41, 5.74) is 0. The first-order valence-corrected chi connectivity index (χ1v) is 7.22. The van der Waals surface area contributed by atoms with Gasteiger partial charge >= 0.3 is 0 Å². The van der Waals surface area contributed by atoms with Crippen LogP contribution in [0.15, 0.2) is 40.5 Å². The Morgan fingerprint density at radius 1 is 1.38 bits per heavy atom. The molecule has 0 atom stereocenters. The second-order valence-corrected chi connectivity index (χ2v) is 4.41. The van der Waals surface area contributed by atoms with Crippen molar-refractivity contribution in [2.24, 2.45) is 4.99 Å². The highest BCUT2D eigenvalue weighted by Crippen LogP contribution is 1.98. The van der Waals surface area contributed by atoms with Gasteiger partial charge in [0.25, 0.3) is 5.91 Å². The third-order valence-corrected chi connectivity index (χ3v) is 2.64. The maximum Gasteiger partial charge on any atom is 0.287 e. The van der Waals surface area contributed by atoms with Gasteiger partial charge in [-0.15, -0.1) is 6.58 Å². The molecule has 6 heteroatoms. The molecular formula is C15H24N4O2. The van der Waals surface area contributed by atoms with Gasteiger partial charge in [0, 0.05) is 26.2 Å². The second kappa shape index (κ2) is 10.5. The number of rotatable bonds is 9. The first-order chi connectivity index (χ1) is 10.3. The van der Waals surface area contributed by atoms with Gasteiger partial charge in [0.2, 0.25) is 0 Å². The van der Waals surface area contributed by atoms with Crippen molar-refractivity contribution >= 4 is 11.9 Å². The van der Waals surface area contributed by atoms with Crippen LogP contribution in [-0.2, 0) is 0 Å². The monoisotopic (exact) mass is 292 g/mol. The van der Waals surface area contributed by atoms with E-state index in [1.807, 2.05) is 0 Å². The molecule has 6 nitrogen and oxygen atoms in total. The van der Waals surface area contributed by atoms with Crippen LogP contribution in [0.1, 0.15) is 30.3 Å². The summed E-state index contributed by atoms with van der Waals surface area (Å²) >= 11 is 0. The molecule has 0 saturated heterocycles. The Kier molecular flexibility index (Phi) is 8.44. The quantitative estimate of drug-likeness (QED) is 0.279. The Morgan fingerprint density at radius 3 is 2.86 bits per heavy atom. The Hall–Kier alpha value is -2.24. The van der Waals surface area contributed by atoms with E-state index in [2.05, 4.69) is 34.4 Å². The molecule has 1 aromatic rings. The lowest BCUT2D eigenvalue weighted by atomic mass is 10.3. The highest BCUT2D eigenvalue weighted by molar-refractivity contribution is 5.91. The van der Waals surface area contributed by atoms with Crippen LogP contribution < -0.4 is 16.0 Å². The fraction of sp³-hybridized carbons (Fsp3) is 0.467. The van der Waals surface area contributed by atoms with Crippen LogP contribution in [0.5, 0.6) is 0 Å². The molecule has 1 rings (SSSR count). The molecule has 116 valence electrons. The zero-order chi connectivity index (χ0) is 15.3. The molecule has 1 aromatic heterocycles. The van der Waals surface area contributed by atoms with Crippen molar-refractivity contribution in [3.63, 3.8) is 0 Å². The van der Waals surface area contributed by atoms with Crippen LogP contribution in [0, 0.1) is 0 Å². The number of aliphatic imine (C=N–C) groups is 1. The van der Waals surface area contributed by atoms with Gasteiger partial charge in [-0.3, -0.25) is 9.79 Å². The van der Waals surface area contributed by atoms with E-state index in [4.69, 9.17) is 4.42 Å². The Balaban J connectivity index is 2.27. The minimum atomic E-state index is -0.217. The maximum atomic E-state index is 11.6. The van der Waals surface area contributed by atoms with Crippen molar-refractivity contribution in [3.05, 3.63) is 36.8 Å². The fourth-order valence-corrected chi connectivity index (χ4v) is 1.54. The van der Waals surface area contributed by atoms with Gasteiger partial charge in [-0.25, -0.2) is 0 Å². The van der Waals surface area contributed by atoms with Crippen LogP contribution in [-0.4, -0.2) is 38.0 Å². The maximum absolute atomic E-state index is 11.6. The minimum absolute atomic E-state index is 0.217. The van der Waals surface area contributed by atoms with Crippen molar-refractivity contribution < 1.29 is 9.21 Å². The topological polar surface area (TPSA) is 78.7 Å². The van der Waals surface area contributed by atoms with Gasteiger partial charge < -0.3 is 20.4 Å². The molecule has 21 heavy (non-hydrogen) atoms. The number of carbonyl (C=O) groups excluding carboxylic acids is 1. The molecule has 1 amide bonds. The van der Waals surface area contributed by atoms with Crippen LogP contribution in [0.4, 0.5) is 0 Å². The van der Waals surface area contributed by atoms with E-state index >= 15 is 0 Å². The third-order valence-electron chi connectivity index (χ3n) is 2.64. The van der Waals surface area contributed by atoms with Gasteiger partial charge in [0.15, 0.2) is 11.7 Å². The van der Waals surface area contributed by atoms with Crippen LogP contribution >= 0.6 is 0 Å². The summed E-state index contributed by atoms with van der Waals surface area (Å²) in [7, 11) is 0. The summed E-state index contributed by atoms with van der Waals surface area (Å²) in [5.74, 6) is 0.831. The van der Waals surface area contributed by atoms with E-state index in [9.17, 15) is 4.79 Å². The van der Waals surface area contributed by atoms with E-state index in [0.29, 0.717) is 25.4 Å². The number of nitrogens with zero attached hydrogens (tertiary/aromatic N) is 1. The molecule has 0 saturated carbocycles.